The molecule has 3 heterocycles. The Hall–Kier alpha value is -3.37. The molecule has 7 heteroatoms. The van der Waals surface area contributed by atoms with E-state index in [9.17, 15) is 9.18 Å². The molecule has 5 nitrogen and oxygen atoms in total. The number of carbonyl (C=O) groups excluding carboxylic acids is 1. The number of pyridine rings is 2. The number of benzene rings is 2. The Kier molecular flexibility index (Phi) is 4.41. The quantitative estimate of drug-likeness (QED) is 0.376. The summed E-state index contributed by atoms with van der Waals surface area (Å²) in [5.74, 6) is 0.299. The second kappa shape index (κ2) is 7.22. The number of hydrogen-bond acceptors (Lipinski definition) is 5. The van der Waals surface area contributed by atoms with E-state index in [0.717, 1.165) is 22.4 Å². The van der Waals surface area contributed by atoms with E-state index >= 15 is 0 Å². The van der Waals surface area contributed by atoms with Gasteiger partial charge in [-0.15, -0.1) is 0 Å². The molecule has 1 N–H and O–H groups in total. The van der Waals surface area contributed by atoms with Gasteiger partial charge in [0.25, 0.3) is 0 Å². The van der Waals surface area contributed by atoms with Gasteiger partial charge in [-0.25, -0.2) is 9.37 Å². The summed E-state index contributed by atoms with van der Waals surface area (Å²) in [6.45, 7) is 0.707. The topological polar surface area (TPSA) is 58.1 Å². The van der Waals surface area contributed by atoms with E-state index in [1.165, 1.54) is 17.7 Å². The molecule has 0 saturated carbocycles. The van der Waals surface area contributed by atoms with Gasteiger partial charge in [0.1, 0.15) is 5.82 Å². The van der Waals surface area contributed by atoms with E-state index in [-0.39, 0.29) is 5.56 Å². The molecule has 142 valence electrons. The second-order valence-corrected chi connectivity index (χ2v) is 7.79. The molecule has 1 atom stereocenters. The first-order valence-electron chi connectivity index (χ1n) is 9.10. The highest BCUT2D eigenvalue weighted by atomic mass is 31.1. The first-order chi connectivity index (χ1) is 14.2. The van der Waals surface area contributed by atoms with Crippen molar-refractivity contribution in [3.05, 3.63) is 83.8 Å². The number of aldehydes is 1. The van der Waals surface area contributed by atoms with E-state index < -0.39 is 5.82 Å². The molecule has 0 saturated heterocycles. The predicted octanol–water partition coefficient (Wildman–Crippen LogP) is 5.19. The van der Waals surface area contributed by atoms with Gasteiger partial charge in [0.15, 0.2) is 12.1 Å². The minimum Gasteiger partial charge on any atom is -0.347 e. The first kappa shape index (κ1) is 17.7. The molecule has 2 aromatic carbocycles. The summed E-state index contributed by atoms with van der Waals surface area (Å²) >= 11 is 0. The first-order valence-corrected chi connectivity index (χ1v) is 10.0. The molecule has 29 heavy (non-hydrogen) atoms. The highest BCUT2D eigenvalue weighted by Crippen LogP contribution is 2.43. The summed E-state index contributed by atoms with van der Waals surface area (Å²) in [4.78, 5) is 20.0. The van der Waals surface area contributed by atoms with Crippen LogP contribution in [0.4, 0.5) is 15.9 Å². The Labute approximate surface area is 168 Å². The van der Waals surface area contributed by atoms with Gasteiger partial charge in [0.2, 0.25) is 0 Å². The standard InChI is InChI=1S/C22H16FN4OP/c23-18-11-16(4-5-17(18)13-28)20-7-8-21-22(25-20)27(29-26-21)12-14-3-6-19-15(10-14)2-1-9-24-19/h1-11,13,26,29H,12H2. The SMILES string of the molecule is O=Cc1ccc(-c2ccc3c(n2)N(Cc2ccc4ncccc4c2)PN3)cc1F. The number of rotatable bonds is 4. The van der Waals surface area contributed by atoms with Crippen LogP contribution in [0.15, 0.2) is 66.9 Å². The van der Waals surface area contributed by atoms with Gasteiger partial charge in [0.05, 0.1) is 31.3 Å². The number of hydrogen-bond donors (Lipinski definition) is 1. The lowest BCUT2D eigenvalue weighted by Gasteiger charge is -2.17. The Morgan fingerprint density at radius 1 is 1.10 bits per heavy atom. The Bertz CT molecular complexity index is 1250. The zero-order valence-electron chi connectivity index (χ0n) is 15.3. The lowest BCUT2D eigenvalue weighted by atomic mass is 10.1. The fourth-order valence-corrected chi connectivity index (χ4v) is 4.38. The molecular weight excluding hydrogens is 386 g/mol. The maximum atomic E-state index is 14.0. The molecule has 0 amide bonds. The smallest absolute Gasteiger partial charge is 0.157 e. The molecule has 1 aliphatic heterocycles. The maximum absolute atomic E-state index is 14.0. The van der Waals surface area contributed by atoms with Crippen molar-refractivity contribution in [2.45, 2.75) is 6.54 Å². The van der Waals surface area contributed by atoms with Crippen LogP contribution in [0, 0.1) is 5.82 Å². The average molecular weight is 402 g/mol. The van der Waals surface area contributed by atoms with Crippen molar-refractivity contribution in [3.63, 3.8) is 0 Å². The van der Waals surface area contributed by atoms with E-state index in [4.69, 9.17) is 4.98 Å². The van der Waals surface area contributed by atoms with E-state index in [0.29, 0.717) is 33.0 Å². The van der Waals surface area contributed by atoms with E-state index in [1.54, 1.807) is 12.3 Å². The monoisotopic (exact) mass is 402 g/mol. The fourth-order valence-electron chi connectivity index (χ4n) is 3.40. The lowest BCUT2D eigenvalue weighted by molar-refractivity contribution is 0.112. The zero-order valence-corrected chi connectivity index (χ0v) is 16.3. The van der Waals surface area contributed by atoms with Crippen LogP contribution in [0.1, 0.15) is 15.9 Å². The van der Waals surface area contributed by atoms with Crippen LogP contribution in [-0.4, -0.2) is 16.3 Å². The molecule has 0 bridgehead atoms. The number of aromatic nitrogens is 2. The van der Waals surface area contributed by atoms with Crippen molar-refractivity contribution in [1.29, 1.82) is 0 Å². The Morgan fingerprint density at radius 2 is 2.03 bits per heavy atom. The summed E-state index contributed by atoms with van der Waals surface area (Å²) in [7, 11) is 0.374. The van der Waals surface area contributed by atoms with Crippen LogP contribution in [0.3, 0.4) is 0 Å². The summed E-state index contributed by atoms with van der Waals surface area (Å²) in [6, 6.07) is 18.6. The number of nitrogens with one attached hydrogen (secondary N) is 1. The van der Waals surface area contributed by atoms with Crippen molar-refractivity contribution in [2.24, 2.45) is 0 Å². The number of anilines is 2. The minimum atomic E-state index is -0.540. The highest BCUT2D eigenvalue weighted by Gasteiger charge is 2.22. The molecular formula is C22H16FN4OP. The van der Waals surface area contributed by atoms with Gasteiger partial charge in [-0.1, -0.05) is 18.2 Å². The van der Waals surface area contributed by atoms with Crippen molar-refractivity contribution in [3.8, 4) is 11.3 Å². The van der Waals surface area contributed by atoms with Crippen LogP contribution in [0.2, 0.25) is 0 Å². The van der Waals surface area contributed by atoms with Crippen LogP contribution in [0.5, 0.6) is 0 Å². The third-order valence-corrected chi connectivity index (χ3v) is 5.91. The highest BCUT2D eigenvalue weighted by molar-refractivity contribution is 7.42. The number of halogens is 1. The van der Waals surface area contributed by atoms with Gasteiger partial charge in [0, 0.05) is 23.7 Å². The van der Waals surface area contributed by atoms with Crippen LogP contribution in [-0.2, 0) is 6.54 Å². The second-order valence-electron chi connectivity index (χ2n) is 6.78. The summed E-state index contributed by atoms with van der Waals surface area (Å²) in [5, 5.41) is 4.48. The normalized spacial score (nSPS) is 13.5. The number of nitrogens with zero attached hydrogens (tertiary/aromatic N) is 3. The zero-order chi connectivity index (χ0) is 19.8. The van der Waals surface area contributed by atoms with Gasteiger partial charge >= 0.3 is 0 Å². The number of fused-ring (bicyclic) bond motifs is 2. The van der Waals surface area contributed by atoms with E-state index in [1.807, 2.05) is 24.3 Å². The molecule has 4 aromatic rings. The van der Waals surface area contributed by atoms with Gasteiger partial charge in [-0.05, 0) is 48.0 Å². The molecule has 1 unspecified atom stereocenters. The summed E-state index contributed by atoms with van der Waals surface area (Å²) in [5.41, 5.74) is 4.45. The Morgan fingerprint density at radius 3 is 2.90 bits per heavy atom. The number of carbonyl (C=O) groups is 1. The van der Waals surface area contributed by atoms with Crippen molar-refractivity contribution in [2.75, 3.05) is 9.76 Å². The molecule has 2 aromatic heterocycles. The van der Waals surface area contributed by atoms with Gasteiger partial charge < -0.3 is 9.76 Å². The summed E-state index contributed by atoms with van der Waals surface area (Å²) in [6.07, 6.45) is 2.31. The van der Waals surface area contributed by atoms with Crippen molar-refractivity contribution < 1.29 is 9.18 Å². The molecule has 0 spiro atoms. The van der Waals surface area contributed by atoms with E-state index in [2.05, 4.69) is 32.9 Å². The molecule has 1 aliphatic rings. The summed E-state index contributed by atoms with van der Waals surface area (Å²) < 4.78 is 16.2. The van der Waals surface area contributed by atoms with Gasteiger partial charge in [-0.3, -0.25) is 9.78 Å². The maximum Gasteiger partial charge on any atom is 0.157 e. The fraction of sp³-hybridized carbons (Fsp3) is 0.0455. The van der Waals surface area contributed by atoms with Crippen molar-refractivity contribution in [1.82, 2.24) is 9.97 Å². The van der Waals surface area contributed by atoms with Crippen molar-refractivity contribution >= 4 is 37.6 Å². The minimum absolute atomic E-state index is 0.0467. The van der Waals surface area contributed by atoms with Crippen LogP contribution < -0.4 is 9.76 Å². The molecule has 0 fully saturated rings. The third-order valence-electron chi connectivity index (χ3n) is 4.89. The molecule has 0 radical (unpaired) electrons. The van der Waals surface area contributed by atoms with Gasteiger partial charge in [-0.2, -0.15) is 0 Å². The largest absolute Gasteiger partial charge is 0.347 e. The van der Waals surface area contributed by atoms with Crippen LogP contribution in [0.25, 0.3) is 22.2 Å². The predicted molar refractivity (Wildman–Crippen MR) is 115 cm³/mol. The lowest BCUT2D eigenvalue weighted by Crippen LogP contribution is -2.10. The van der Waals surface area contributed by atoms with Crippen LogP contribution >= 0.6 is 8.88 Å². The molecule has 5 rings (SSSR count). The third kappa shape index (κ3) is 3.32. The molecule has 0 aliphatic carbocycles. The average Bonchev–Trinajstić information content (AvgIpc) is 3.15. The Balaban J connectivity index is 1.46.